The van der Waals surface area contributed by atoms with Gasteiger partial charge >= 0.3 is 0 Å². The van der Waals surface area contributed by atoms with Gasteiger partial charge in [0.25, 0.3) is 5.56 Å². The van der Waals surface area contributed by atoms with Crippen molar-refractivity contribution in [2.24, 2.45) is 0 Å². The number of aromatic nitrogens is 2. The quantitative estimate of drug-likeness (QED) is 0.481. The summed E-state index contributed by atoms with van der Waals surface area (Å²) in [6, 6.07) is 13.8. The van der Waals surface area contributed by atoms with Crippen LogP contribution in [-0.2, 0) is 17.8 Å². The van der Waals surface area contributed by atoms with Gasteiger partial charge in [-0.05, 0) is 38.6 Å². The van der Waals surface area contributed by atoms with E-state index in [1.807, 2.05) is 32.3 Å². The second kappa shape index (κ2) is 11.5. The largest absolute Gasteiger partial charge is 0.493 e. The maximum Gasteiger partial charge on any atom is 0.261 e. The van der Waals surface area contributed by atoms with E-state index in [1.54, 1.807) is 19.2 Å². The van der Waals surface area contributed by atoms with Crippen LogP contribution in [-0.4, -0.2) is 61.3 Å². The van der Waals surface area contributed by atoms with E-state index in [2.05, 4.69) is 27.3 Å². The summed E-state index contributed by atoms with van der Waals surface area (Å²) in [7, 11) is 7.10. The minimum atomic E-state index is -0.170. The average Bonchev–Trinajstić information content (AvgIpc) is 2.82. The molecule has 2 aromatic carbocycles. The number of carbonyl (C=O) groups is 1. The first kappa shape index (κ1) is 24.3. The van der Waals surface area contributed by atoms with Crippen molar-refractivity contribution >= 4 is 16.8 Å². The number of likely N-dealkylation sites (N-methyl/N-ethyl adjacent to an activating group) is 1. The fraction of sp³-hybridized carbons (Fsp3) is 0.400. The number of rotatable bonds is 11. The van der Waals surface area contributed by atoms with Crippen molar-refractivity contribution in [1.82, 2.24) is 19.8 Å². The summed E-state index contributed by atoms with van der Waals surface area (Å²) < 4.78 is 12.1. The first-order chi connectivity index (χ1) is 15.9. The number of nitrogens with one attached hydrogen (secondary N) is 1. The van der Waals surface area contributed by atoms with Crippen molar-refractivity contribution < 1.29 is 14.3 Å². The molecule has 3 aromatic rings. The number of fused-ring (bicyclic) bond motifs is 1. The fourth-order valence-corrected chi connectivity index (χ4v) is 3.70. The van der Waals surface area contributed by atoms with Crippen LogP contribution in [0.1, 0.15) is 18.4 Å². The minimum Gasteiger partial charge on any atom is -0.493 e. The highest BCUT2D eigenvalue weighted by Crippen LogP contribution is 2.29. The molecular weight excluding hydrogens is 420 g/mol. The predicted molar refractivity (Wildman–Crippen MR) is 129 cm³/mol. The van der Waals surface area contributed by atoms with Gasteiger partial charge in [0.05, 0.1) is 31.4 Å². The molecule has 8 nitrogen and oxygen atoms in total. The highest BCUT2D eigenvalue weighted by Gasteiger charge is 2.14. The van der Waals surface area contributed by atoms with Crippen molar-refractivity contribution in [1.29, 1.82) is 0 Å². The molecule has 1 unspecified atom stereocenters. The highest BCUT2D eigenvalue weighted by atomic mass is 16.5. The van der Waals surface area contributed by atoms with Crippen LogP contribution in [0.25, 0.3) is 10.9 Å². The zero-order valence-corrected chi connectivity index (χ0v) is 19.7. The second-order valence-electron chi connectivity index (χ2n) is 8.18. The lowest BCUT2D eigenvalue weighted by Crippen LogP contribution is -2.41. The molecule has 0 saturated carbocycles. The standard InChI is InChI=1S/C25H32N4O4/c1-28(2)19(13-18-9-6-5-7-10-18)16-26-24(30)11-8-12-29-17-27-21-15-23(33-4)22(32-3)14-20(21)25(29)31/h5-7,9-10,14-15,17,19H,8,11-13,16H2,1-4H3,(H,26,30). The molecule has 0 fully saturated rings. The molecule has 1 N–H and O–H groups in total. The summed E-state index contributed by atoms with van der Waals surface area (Å²) >= 11 is 0. The lowest BCUT2D eigenvalue weighted by Gasteiger charge is -2.24. The van der Waals surface area contributed by atoms with Gasteiger partial charge in [0.2, 0.25) is 5.91 Å². The number of benzene rings is 2. The smallest absolute Gasteiger partial charge is 0.261 e. The molecule has 1 amide bonds. The molecular formula is C25H32N4O4. The van der Waals surface area contributed by atoms with Gasteiger partial charge in [-0.1, -0.05) is 30.3 Å². The molecule has 176 valence electrons. The second-order valence-corrected chi connectivity index (χ2v) is 8.18. The first-order valence-corrected chi connectivity index (χ1v) is 11.0. The van der Waals surface area contributed by atoms with Crippen molar-refractivity contribution in [3.8, 4) is 11.5 Å². The van der Waals surface area contributed by atoms with Crippen LogP contribution < -0.4 is 20.3 Å². The number of methoxy groups -OCH3 is 2. The molecule has 33 heavy (non-hydrogen) atoms. The van der Waals surface area contributed by atoms with Gasteiger partial charge in [0.15, 0.2) is 11.5 Å². The molecule has 0 aliphatic rings. The average molecular weight is 453 g/mol. The van der Waals surface area contributed by atoms with Gasteiger partial charge in [0.1, 0.15) is 0 Å². The topological polar surface area (TPSA) is 85.7 Å². The number of aryl methyl sites for hydroxylation is 1. The Bertz CT molecular complexity index is 1130. The Morgan fingerprint density at radius 2 is 1.82 bits per heavy atom. The van der Waals surface area contributed by atoms with Crippen LogP contribution in [0.4, 0.5) is 0 Å². The lowest BCUT2D eigenvalue weighted by atomic mass is 10.1. The molecule has 1 heterocycles. The number of amides is 1. The lowest BCUT2D eigenvalue weighted by molar-refractivity contribution is -0.121. The maximum atomic E-state index is 12.9. The first-order valence-electron chi connectivity index (χ1n) is 11.0. The van der Waals surface area contributed by atoms with Gasteiger partial charge in [-0.2, -0.15) is 0 Å². The summed E-state index contributed by atoms with van der Waals surface area (Å²) in [4.78, 5) is 31.7. The zero-order chi connectivity index (χ0) is 23.8. The van der Waals surface area contributed by atoms with Crippen molar-refractivity contribution in [2.75, 3.05) is 34.9 Å². The van der Waals surface area contributed by atoms with Crippen LogP contribution in [0.15, 0.2) is 53.6 Å². The molecule has 0 radical (unpaired) electrons. The van der Waals surface area contributed by atoms with Crippen LogP contribution in [0.5, 0.6) is 11.5 Å². The molecule has 3 rings (SSSR count). The Balaban J connectivity index is 1.55. The molecule has 0 bridgehead atoms. The Kier molecular flexibility index (Phi) is 8.43. The third kappa shape index (κ3) is 6.32. The number of carbonyl (C=O) groups excluding carboxylic acids is 1. The zero-order valence-electron chi connectivity index (χ0n) is 19.7. The van der Waals surface area contributed by atoms with Crippen molar-refractivity contribution in [3.05, 3.63) is 64.7 Å². The molecule has 0 aliphatic heterocycles. The Labute approximate surface area is 194 Å². The number of hydrogen-bond acceptors (Lipinski definition) is 6. The van der Waals surface area contributed by atoms with E-state index in [4.69, 9.17) is 9.47 Å². The van der Waals surface area contributed by atoms with E-state index in [9.17, 15) is 9.59 Å². The van der Waals surface area contributed by atoms with Crippen LogP contribution in [0.2, 0.25) is 0 Å². The maximum absolute atomic E-state index is 12.9. The monoisotopic (exact) mass is 452 g/mol. The Morgan fingerprint density at radius 3 is 2.48 bits per heavy atom. The summed E-state index contributed by atoms with van der Waals surface area (Å²) in [5.74, 6) is 0.977. The van der Waals surface area contributed by atoms with Gasteiger partial charge in [-0.25, -0.2) is 4.98 Å². The van der Waals surface area contributed by atoms with Gasteiger partial charge in [-0.15, -0.1) is 0 Å². The third-order valence-electron chi connectivity index (χ3n) is 5.71. The van der Waals surface area contributed by atoms with Gasteiger partial charge in [-0.3, -0.25) is 14.2 Å². The SMILES string of the molecule is COc1cc2ncn(CCCC(=O)NCC(Cc3ccccc3)N(C)C)c(=O)c2cc1OC. The van der Waals surface area contributed by atoms with E-state index in [0.29, 0.717) is 48.3 Å². The van der Waals surface area contributed by atoms with E-state index in [1.165, 1.54) is 23.6 Å². The number of hydrogen-bond donors (Lipinski definition) is 1. The highest BCUT2D eigenvalue weighted by molar-refractivity contribution is 5.81. The van der Waals surface area contributed by atoms with E-state index < -0.39 is 0 Å². The molecule has 1 aromatic heterocycles. The van der Waals surface area contributed by atoms with Gasteiger partial charge < -0.3 is 19.7 Å². The molecule has 8 heteroatoms. The summed E-state index contributed by atoms with van der Waals surface area (Å²) in [6.45, 7) is 0.977. The molecule has 1 atom stereocenters. The van der Waals surface area contributed by atoms with E-state index >= 15 is 0 Å². The normalized spacial score (nSPS) is 12.0. The van der Waals surface area contributed by atoms with E-state index in [0.717, 1.165) is 6.42 Å². The van der Waals surface area contributed by atoms with Crippen LogP contribution in [0, 0.1) is 0 Å². The van der Waals surface area contributed by atoms with E-state index in [-0.39, 0.29) is 17.5 Å². The summed E-state index contributed by atoms with van der Waals surface area (Å²) in [5, 5.41) is 3.48. The molecule has 0 spiro atoms. The fourth-order valence-electron chi connectivity index (χ4n) is 3.70. The summed E-state index contributed by atoms with van der Waals surface area (Å²) in [5.41, 5.74) is 1.61. The van der Waals surface area contributed by atoms with Crippen molar-refractivity contribution in [2.45, 2.75) is 31.8 Å². The van der Waals surface area contributed by atoms with Crippen molar-refractivity contribution in [3.63, 3.8) is 0 Å². The predicted octanol–water partition coefficient (Wildman–Crippen LogP) is 2.48. The third-order valence-corrected chi connectivity index (χ3v) is 5.71. The number of nitrogens with zero attached hydrogens (tertiary/aromatic N) is 3. The minimum absolute atomic E-state index is 0.0249. The van der Waals surface area contributed by atoms with Crippen LogP contribution >= 0.6 is 0 Å². The Morgan fingerprint density at radius 1 is 1.12 bits per heavy atom. The van der Waals surface area contributed by atoms with Gasteiger partial charge in [0, 0.05) is 31.6 Å². The number of ether oxygens (including phenoxy) is 2. The molecule has 0 aliphatic carbocycles. The van der Waals surface area contributed by atoms with Crippen LogP contribution in [0.3, 0.4) is 0 Å². The summed E-state index contributed by atoms with van der Waals surface area (Å²) in [6.07, 6.45) is 3.25. The Hall–Kier alpha value is -3.39. The molecule has 0 saturated heterocycles.